The van der Waals surface area contributed by atoms with E-state index in [0.717, 1.165) is 22.6 Å². The van der Waals surface area contributed by atoms with E-state index in [-0.39, 0.29) is 0 Å². The summed E-state index contributed by atoms with van der Waals surface area (Å²) in [5.74, 6) is 0. The van der Waals surface area contributed by atoms with E-state index >= 15 is 0 Å². The molecule has 0 bridgehead atoms. The van der Waals surface area contributed by atoms with E-state index < -0.39 is 0 Å². The second-order valence-corrected chi connectivity index (χ2v) is 5.09. The van der Waals surface area contributed by atoms with Gasteiger partial charge in [0.1, 0.15) is 0 Å². The number of hydrogen-bond donors (Lipinski definition) is 2. The second-order valence-electron chi connectivity index (χ2n) is 4.68. The van der Waals surface area contributed by atoms with Crippen LogP contribution in [-0.4, -0.2) is 16.5 Å². The smallest absolute Gasteiger partial charge is 0.207 e. The standard InChI is InChI=1S/C17H18N4S/c1-13(15-9-5-3-6-10-15)18-20-17(22)21-19-14(2)16-11-7-4-8-12-16/h3-12H,1-2H3,(H2,20,21,22)/b18-13+,19-14+. The topological polar surface area (TPSA) is 48.8 Å². The first kappa shape index (κ1) is 15.9. The molecular weight excluding hydrogens is 292 g/mol. The molecule has 4 nitrogen and oxygen atoms in total. The van der Waals surface area contributed by atoms with Gasteiger partial charge < -0.3 is 0 Å². The molecule has 0 fully saturated rings. The van der Waals surface area contributed by atoms with Gasteiger partial charge in [-0.2, -0.15) is 10.2 Å². The van der Waals surface area contributed by atoms with Crippen molar-refractivity contribution in [1.82, 2.24) is 10.9 Å². The van der Waals surface area contributed by atoms with E-state index in [4.69, 9.17) is 12.2 Å². The summed E-state index contributed by atoms with van der Waals surface area (Å²) in [5.41, 5.74) is 9.37. The normalized spacial score (nSPS) is 11.9. The van der Waals surface area contributed by atoms with Gasteiger partial charge in [0.15, 0.2) is 0 Å². The highest BCUT2D eigenvalue weighted by atomic mass is 32.1. The molecule has 2 N–H and O–H groups in total. The fourth-order valence-electron chi connectivity index (χ4n) is 1.78. The zero-order valence-electron chi connectivity index (χ0n) is 12.6. The molecule has 0 spiro atoms. The minimum Gasteiger partial charge on any atom is -0.252 e. The van der Waals surface area contributed by atoms with Crippen LogP contribution in [0.1, 0.15) is 25.0 Å². The zero-order valence-corrected chi connectivity index (χ0v) is 13.4. The van der Waals surface area contributed by atoms with Gasteiger partial charge >= 0.3 is 0 Å². The Morgan fingerprint density at radius 3 is 1.45 bits per heavy atom. The van der Waals surface area contributed by atoms with Crippen molar-refractivity contribution >= 4 is 28.8 Å². The van der Waals surface area contributed by atoms with Crippen LogP contribution in [0.5, 0.6) is 0 Å². The predicted molar refractivity (Wildman–Crippen MR) is 96.2 cm³/mol. The van der Waals surface area contributed by atoms with Crippen molar-refractivity contribution in [2.75, 3.05) is 0 Å². The second kappa shape index (κ2) is 8.05. The summed E-state index contributed by atoms with van der Waals surface area (Å²) in [6.07, 6.45) is 0. The summed E-state index contributed by atoms with van der Waals surface area (Å²) in [5, 5.41) is 8.83. The van der Waals surface area contributed by atoms with Gasteiger partial charge in [-0.05, 0) is 37.2 Å². The van der Waals surface area contributed by atoms with Crippen LogP contribution in [-0.2, 0) is 0 Å². The molecule has 0 atom stereocenters. The number of thiocarbonyl (C=S) groups is 1. The van der Waals surface area contributed by atoms with E-state index in [1.54, 1.807) is 0 Å². The van der Waals surface area contributed by atoms with Crippen LogP contribution in [0.15, 0.2) is 70.9 Å². The highest BCUT2D eigenvalue weighted by molar-refractivity contribution is 7.80. The monoisotopic (exact) mass is 310 g/mol. The Bertz CT molecular complexity index is 619. The molecule has 0 aliphatic rings. The molecule has 0 saturated heterocycles. The lowest BCUT2D eigenvalue weighted by Crippen LogP contribution is -2.29. The first-order chi connectivity index (χ1) is 10.7. The fraction of sp³-hybridized carbons (Fsp3) is 0.118. The molecule has 0 radical (unpaired) electrons. The van der Waals surface area contributed by atoms with Crippen LogP contribution in [0.25, 0.3) is 0 Å². The summed E-state index contributed by atoms with van der Waals surface area (Å²) < 4.78 is 0. The zero-order chi connectivity index (χ0) is 15.8. The molecule has 0 unspecified atom stereocenters. The van der Waals surface area contributed by atoms with Crippen LogP contribution in [0.2, 0.25) is 0 Å². The maximum absolute atomic E-state index is 5.15. The van der Waals surface area contributed by atoms with Gasteiger partial charge in [0.05, 0.1) is 11.4 Å². The van der Waals surface area contributed by atoms with Crippen molar-refractivity contribution in [3.05, 3.63) is 71.8 Å². The highest BCUT2D eigenvalue weighted by Gasteiger charge is 1.98. The molecule has 2 rings (SSSR count). The predicted octanol–water partition coefficient (Wildman–Crippen LogP) is 3.30. The Balaban J connectivity index is 1.91. The Labute approximate surface area is 136 Å². The molecule has 2 aromatic rings. The van der Waals surface area contributed by atoms with Gasteiger partial charge in [-0.3, -0.25) is 10.9 Å². The molecule has 0 amide bonds. The molecule has 0 aliphatic carbocycles. The largest absolute Gasteiger partial charge is 0.252 e. The highest BCUT2D eigenvalue weighted by Crippen LogP contribution is 2.00. The van der Waals surface area contributed by atoms with Crippen LogP contribution in [0.4, 0.5) is 0 Å². The lowest BCUT2D eigenvalue weighted by atomic mass is 10.1. The number of nitrogens with zero attached hydrogens (tertiary/aromatic N) is 2. The number of benzene rings is 2. The van der Waals surface area contributed by atoms with Crippen LogP contribution in [0, 0.1) is 0 Å². The average molecular weight is 310 g/mol. The summed E-state index contributed by atoms with van der Waals surface area (Å²) in [7, 11) is 0. The van der Waals surface area contributed by atoms with Crippen LogP contribution < -0.4 is 10.9 Å². The quantitative estimate of drug-likeness (QED) is 0.517. The maximum atomic E-state index is 5.15. The number of hydrazone groups is 2. The summed E-state index contributed by atoms with van der Waals surface area (Å²) >= 11 is 5.15. The Morgan fingerprint density at radius 1 is 0.727 bits per heavy atom. The maximum Gasteiger partial charge on any atom is 0.207 e. The van der Waals surface area contributed by atoms with Crippen molar-refractivity contribution < 1.29 is 0 Å². The molecule has 2 aromatic carbocycles. The minimum absolute atomic E-state index is 0.352. The molecule has 22 heavy (non-hydrogen) atoms. The van der Waals surface area contributed by atoms with Gasteiger partial charge in [0.25, 0.3) is 0 Å². The molecule has 0 aliphatic heterocycles. The Kier molecular flexibility index (Phi) is 5.80. The Hall–Kier alpha value is -2.53. The van der Waals surface area contributed by atoms with Crippen molar-refractivity contribution in [2.24, 2.45) is 10.2 Å². The summed E-state index contributed by atoms with van der Waals surface area (Å²) in [6.45, 7) is 3.84. The SMILES string of the molecule is C/C(=N\NC(=S)N/N=C(\C)c1ccccc1)c1ccccc1. The number of hydrogen-bond acceptors (Lipinski definition) is 3. The van der Waals surface area contributed by atoms with E-state index in [1.165, 1.54) is 0 Å². The van der Waals surface area contributed by atoms with Crippen molar-refractivity contribution in [2.45, 2.75) is 13.8 Å². The van der Waals surface area contributed by atoms with E-state index in [9.17, 15) is 0 Å². The third-order valence-electron chi connectivity index (χ3n) is 3.03. The first-order valence-electron chi connectivity index (χ1n) is 6.92. The van der Waals surface area contributed by atoms with Crippen LogP contribution >= 0.6 is 12.2 Å². The Morgan fingerprint density at radius 2 is 1.09 bits per heavy atom. The third kappa shape index (κ3) is 4.79. The first-order valence-corrected chi connectivity index (χ1v) is 7.33. The molecule has 0 aromatic heterocycles. The molecular formula is C17H18N4S. The van der Waals surface area contributed by atoms with Crippen molar-refractivity contribution in [3.63, 3.8) is 0 Å². The molecule has 0 saturated carbocycles. The van der Waals surface area contributed by atoms with E-state index in [0.29, 0.717) is 5.11 Å². The molecule has 5 heteroatoms. The number of nitrogens with one attached hydrogen (secondary N) is 2. The lowest BCUT2D eigenvalue weighted by molar-refractivity contribution is 0.925. The van der Waals surface area contributed by atoms with Crippen molar-refractivity contribution in [3.8, 4) is 0 Å². The van der Waals surface area contributed by atoms with Gasteiger partial charge in [0, 0.05) is 0 Å². The van der Waals surface area contributed by atoms with Crippen LogP contribution in [0.3, 0.4) is 0 Å². The van der Waals surface area contributed by atoms with E-state index in [2.05, 4.69) is 21.1 Å². The fourth-order valence-corrected chi connectivity index (χ4v) is 1.87. The van der Waals surface area contributed by atoms with Gasteiger partial charge in [-0.25, -0.2) is 0 Å². The summed E-state index contributed by atoms with van der Waals surface area (Å²) in [4.78, 5) is 0. The lowest BCUT2D eigenvalue weighted by Gasteiger charge is -2.06. The average Bonchev–Trinajstić information content (AvgIpc) is 2.59. The van der Waals surface area contributed by atoms with Gasteiger partial charge in [0.2, 0.25) is 5.11 Å². The van der Waals surface area contributed by atoms with Gasteiger partial charge in [-0.15, -0.1) is 0 Å². The molecule has 112 valence electrons. The van der Waals surface area contributed by atoms with Crippen molar-refractivity contribution in [1.29, 1.82) is 0 Å². The van der Waals surface area contributed by atoms with E-state index in [1.807, 2.05) is 74.5 Å². The number of rotatable bonds is 4. The molecule has 0 heterocycles. The third-order valence-corrected chi connectivity index (χ3v) is 3.22. The van der Waals surface area contributed by atoms with Gasteiger partial charge in [-0.1, -0.05) is 60.7 Å². The minimum atomic E-state index is 0.352. The summed E-state index contributed by atoms with van der Waals surface area (Å²) in [6, 6.07) is 19.8.